The Bertz CT molecular complexity index is 624. The van der Waals surface area contributed by atoms with Crippen molar-refractivity contribution in [3.63, 3.8) is 0 Å². The van der Waals surface area contributed by atoms with Crippen LogP contribution >= 0.6 is 0 Å². The van der Waals surface area contributed by atoms with Crippen LogP contribution in [0.15, 0.2) is 24.4 Å². The molecule has 2 nitrogen and oxygen atoms in total. The fourth-order valence-electron chi connectivity index (χ4n) is 1.59. The molecule has 0 radical (unpaired) electrons. The molecule has 1 N–H and O–H groups in total. The van der Waals surface area contributed by atoms with Gasteiger partial charge in [-0.2, -0.15) is 26.3 Å². The minimum Gasteiger partial charge on any atom is -0.334 e. The number of nitrogens with zero attached hydrogens (tertiary/aromatic N) is 1. The van der Waals surface area contributed by atoms with Crippen molar-refractivity contribution in [1.82, 2.24) is 9.97 Å². The number of aromatic amines is 1. The molecule has 2 rings (SSSR count). The molecule has 0 saturated heterocycles. The first kappa shape index (κ1) is 14.4. The van der Waals surface area contributed by atoms with E-state index in [2.05, 4.69) is 4.98 Å². The van der Waals surface area contributed by atoms with Crippen molar-refractivity contribution in [3.05, 3.63) is 41.5 Å². The molecule has 0 aliphatic carbocycles. The van der Waals surface area contributed by atoms with Gasteiger partial charge < -0.3 is 4.98 Å². The van der Waals surface area contributed by atoms with Gasteiger partial charge in [-0.3, -0.25) is 0 Å². The number of rotatable bonds is 1. The summed E-state index contributed by atoms with van der Waals surface area (Å²) in [5.74, 6) is -2.15. The first-order valence-electron chi connectivity index (χ1n) is 5.09. The zero-order valence-electron chi connectivity index (χ0n) is 9.40. The van der Waals surface area contributed by atoms with Crippen molar-refractivity contribution < 1.29 is 30.7 Å². The highest BCUT2D eigenvalue weighted by Gasteiger charge is 2.37. The Kier molecular flexibility index (Phi) is 3.23. The minimum atomic E-state index is -4.91. The maximum Gasteiger partial charge on any atom is 0.432 e. The average molecular weight is 298 g/mol. The normalized spacial score (nSPS) is 12.8. The largest absolute Gasteiger partial charge is 0.432 e. The summed E-state index contributed by atoms with van der Waals surface area (Å²) in [6.45, 7) is 0. The summed E-state index contributed by atoms with van der Waals surface area (Å²) >= 11 is 0. The number of alkyl halides is 6. The van der Waals surface area contributed by atoms with E-state index in [0.717, 1.165) is 6.07 Å². The van der Waals surface area contributed by atoms with Gasteiger partial charge in [0.05, 0.1) is 17.3 Å². The maximum atomic E-state index is 13.5. The van der Waals surface area contributed by atoms with Crippen LogP contribution < -0.4 is 0 Å². The highest BCUT2D eigenvalue weighted by atomic mass is 19.4. The van der Waals surface area contributed by atoms with Gasteiger partial charge in [0.25, 0.3) is 0 Å². The Morgan fingerprint density at radius 1 is 0.950 bits per heavy atom. The topological polar surface area (TPSA) is 28.7 Å². The van der Waals surface area contributed by atoms with E-state index in [-0.39, 0.29) is 0 Å². The Morgan fingerprint density at radius 3 is 2.10 bits per heavy atom. The Morgan fingerprint density at radius 2 is 1.60 bits per heavy atom. The fraction of sp³-hybridized carbons (Fsp3) is 0.182. The summed E-state index contributed by atoms with van der Waals surface area (Å²) in [6, 6.07) is 2.09. The van der Waals surface area contributed by atoms with Gasteiger partial charge in [-0.1, -0.05) is 6.07 Å². The number of H-pyrrole nitrogens is 1. The Balaban J connectivity index is 2.61. The number of hydrogen-bond donors (Lipinski definition) is 1. The van der Waals surface area contributed by atoms with Gasteiger partial charge in [-0.25, -0.2) is 9.37 Å². The van der Waals surface area contributed by atoms with E-state index in [9.17, 15) is 30.7 Å². The molecule has 108 valence electrons. The van der Waals surface area contributed by atoms with Crippen LogP contribution in [0.5, 0.6) is 0 Å². The molecule has 1 aromatic carbocycles. The van der Waals surface area contributed by atoms with Crippen LogP contribution in [0.25, 0.3) is 11.4 Å². The lowest BCUT2D eigenvalue weighted by Crippen LogP contribution is -2.09. The predicted octanol–water partition coefficient (Wildman–Crippen LogP) is 4.25. The Hall–Kier alpha value is -2.06. The van der Waals surface area contributed by atoms with Gasteiger partial charge in [-0.05, 0) is 12.1 Å². The highest BCUT2D eigenvalue weighted by molar-refractivity contribution is 5.62. The molecule has 0 spiro atoms. The molecule has 0 unspecified atom stereocenters. The quantitative estimate of drug-likeness (QED) is 0.783. The zero-order chi connectivity index (χ0) is 15.1. The third-order valence-corrected chi connectivity index (χ3v) is 2.44. The molecule has 0 saturated carbocycles. The van der Waals surface area contributed by atoms with E-state index in [1.807, 2.05) is 0 Å². The highest BCUT2D eigenvalue weighted by Crippen LogP contribution is 2.38. The molecule has 20 heavy (non-hydrogen) atoms. The van der Waals surface area contributed by atoms with E-state index in [0.29, 0.717) is 18.3 Å². The second kappa shape index (κ2) is 4.50. The first-order valence-corrected chi connectivity index (χ1v) is 5.09. The molecular formula is C11H5F7N2. The van der Waals surface area contributed by atoms with Crippen LogP contribution in [0.1, 0.15) is 11.3 Å². The third-order valence-electron chi connectivity index (χ3n) is 2.44. The summed E-state index contributed by atoms with van der Waals surface area (Å²) in [5.41, 5.74) is -3.81. The molecular weight excluding hydrogens is 293 g/mol. The lowest BCUT2D eigenvalue weighted by Gasteiger charge is -2.11. The van der Waals surface area contributed by atoms with Crippen molar-refractivity contribution in [2.45, 2.75) is 12.4 Å². The number of nitrogens with one attached hydrogen (secondary N) is 1. The van der Waals surface area contributed by atoms with Crippen LogP contribution in [-0.4, -0.2) is 9.97 Å². The van der Waals surface area contributed by atoms with E-state index in [4.69, 9.17) is 0 Å². The molecule has 1 heterocycles. The maximum absolute atomic E-state index is 13.5. The van der Waals surface area contributed by atoms with Gasteiger partial charge in [0.15, 0.2) is 0 Å². The van der Waals surface area contributed by atoms with Gasteiger partial charge in [0.2, 0.25) is 0 Å². The number of benzene rings is 1. The van der Waals surface area contributed by atoms with Gasteiger partial charge in [-0.15, -0.1) is 0 Å². The SMILES string of the molecule is Fc1cccc(C(F)(F)F)c1-c1ncc(C(F)(F)F)[nH]1. The minimum absolute atomic E-state index is 0.307. The van der Waals surface area contributed by atoms with Crippen LogP contribution in [0.2, 0.25) is 0 Å². The number of imidazole rings is 1. The molecule has 9 heteroatoms. The first-order chi connectivity index (χ1) is 9.10. The third kappa shape index (κ3) is 2.61. The summed E-state index contributed by atoms with van der Waals surface area (Å²) in [7, 11) is 0. The van der Waals surface area contributed by atoms with Gasteiger partial charge in [0, 0.05) is 0 Å². The second-order valence-electron chi connectivity index (χ2n) is 3.80. The van der Waals surface area contributed by atoms with Crippen molar-refractivity contribution in [1.29, 1.82) is 0 Å². The lowest BCUT2D eigenvalue weighted by atomic mass is 10.1. The van der Waals surface area contributed by atoms with Crippen LogP contribution in [0.3, 0.4) is 0 Å². The average Bonchev–Trinajstić information content (AvgIpc) is 2.76. The lowest BCUT2D eigenvalue weighted by molar-refractivity contribution is -0.140. The van der Waals surface area contributed by atoms with Gasteiger partial charge in [0.1, 0.15) is 17.3 Å². The Labute approximate surface area is 107 Å². The van der Waals surface area contributed by atoms with E-state index in [1.54, 1.807) is 4.98 Å². The van der Waals surface area contributed by atoms with E-state index >= 15 is 0 Å². The smallest absolute Gasteiger partial charge is 0.334 e. The molecule has 0 aliphatic heterocycles. The predicted molar refractivity (Wildman–Crippen MR) is 54.0 cm³/mol. The second-order valence-corrected chi connectivity index (χ2v) is 3.80. The summed E-state index contributed by atoms with van der Waals surface area (Å²) in [6.07, 6.45) is -9.42. The van der Waals surface area contributed by atoms with Crippen molar-refractivity contribution in [2.24, 2.45) is 0 Å². The number of hydrogen-bond acceptors (Lipinski definition) is 1. The standard InChI is InChI=1S/C11H5F7N2/c12-6-3-1-2-5(10(13,14)15)8(6)9-19-4-7(20-9)11(16,17)18/h1-4H,(H,19,20). The van der Waals surface area contributed by atoms with Crippen LogP contribution in [0, 0.1) is 5.82 Å². The van der Waals surface area contributed by atoms with Crippen LogP contribution in [-0.2, 0) is 12.4 Å². The summed E-state index contributed by atoms with van der Waals surface area (Å²) < 4.78 is 88.8. The summed E-state index contributed by atoms with van der Waals surface area (Å²) in [4.78, 5) is 4.82. The summed E-state index contributed by atoms with van der Waals surface area (Å²) in [5, 5.41) is 0. The molecule has 0 bridgehead atoms. The zero-order valence-corrected chi connectivity index (χ0v) is 9.40. The molecule has 0 atom stereocenters. The van der Waals surface area contributed by atoms with Crippen molar-refractivity contribution >= 4 is 0 Å². The van der Waals surface area contributed by atoms with Crippen molar-refractivity contribution in [3.8, 4) is 11.4 Å². The van der Waals surface area contributed by atoms with Crippen LogP contribution in [0.4, 0.5) is 30.7 Å². The molecule has 0 amide bonds. The molecule has 0 aliphatic rings. The molecule has 0 fully saturated rings. The number of halogens is 7. The fourth-order valence-corrected chi connectivity index (χ4v) is 1.59. The monoisotopic (exact) mass is 298 g/mol. The van der Waals surface area contributed by atoms with E-state index in [1.165, 1.54) is 0 Å². The van der Waals surface area contributed by atoms with Gasteiger partial charge >= 0.3 is 12.4 Å². The van der Waals surface area contributed by atoms with E-state index < -0.39 is 40.8 Å². The molecule has 1 aromatic heterocycles. The number of aromatic nitrogens is 2. The molecule has 2 aromatic rings. The van der Waals surface area contributed by atoms with Crippen molar-refractivity contribution in [2.75, 3.05) is 0 Å².